The number of aromatic nitrogens is 1. The number of halogens is 3. The van der Waals surface area contributed by atoms with Crippen LogP contribution in [0.4, 0.5) is 18.9 Å². The van der Waals surface area contributed by atoms with Crippen LogP contribution in [0, 0.1) is 17.5 Å². The third-order valence-corrected chi connectivity index (χ3v) is 3.80. The Hall–Kier alpha value is -3.02. The predicted octanol–water partition coefficient (Wildman–Crippen LogP) is 4.52. The molecule has 0 aliphatic heterocycles. The fourth-order valence-electron chi connectivity index (χ4n) is 2.63. The highest BCUT2D eigenvalue weighted by Crippen LogP contribution is 2.24. The van der Waals surface area contributed by atoms with E-state index in [1.807, 2.05) is 0 Å². The summed E-state index contributed by atoms with van der Waals surface area (Å²) < 4.78 is 42.0. The van der Waals surface area contributed by atoms with E-state index in [2.05, 4.69) is 5.32 Å². The fourth-order valence-corrected chi connectivity index (χ4v) is 2.63. The molecule has 3 rings (SSSR count). The number of hydrogen-bond donors (Lipinski definition) is 1. The number of carbonyl (C=O) groups excluding carboxylic acids is 1. The Morgan fingerprint density at radius 2 is 1.68 bits per heavy atom. The average molecular weight is 344 g/mol. The first-order chi connectivity index (χ1) is 12.0. The van der Waals surface area contributed by atoms with Crippen molar-refractivity contribution in [3.8, 4) is 0 Å². The summed E-state index contributed by atoms with van der Waals surface area (Å²) in [5, 5.41) is 2.43. The molecule has 0 spiro atoms. The topological polar surface area (TPSA) is 34.0 Å². The smallest absolute Gasteiger partial charge is 0.226 e. The molecule has 1 atom stereocenters. The fraction of sp³-hybridized carbons (Fsp3) is 0.105. The summed E-state index contributed by atoms with van der Waals surface area (Å²) in [5.41, 5.74) is 0.517. The van der Waals surface area contributed by atoms with Crippen molar-refractivity contribution >= 4 is 11.6 Å². The second kappa shape index (κ2) is 7.25. The van der Waals surface area contributed by atoms with E-state index in [-0.39, 0.29) is 12.1 Å². The van der Waals surface area contributed by atoms with Gasteiger partial charge in [-0.2, -0.15) is 0 Å². The maximum absolute atomic E-state index is 13.7. The van der Waals surface area contributed by atoms with Gasteiger partial charge in [-0.15, -0.1) is 0 Å². The molecule has 0 aliphatic carbocycles. The zero-order valence-corrected chi connectivity index (χ0v) is 13.1. The summed E-state index contributed by atoms with van der Waals surface area (Å²) in [6, 6.07) is 12.0. The van der Waals surface area contributed by atoms with Gasteiger partial charge in [-0.3, -0.25) is 4.79 Å². The van der Waals surface area contributed by atoms with Crippen molar-refractivity contribution in [3.63, 3.8) is 0 Å². The maximum atomic E-state index is 13.7. The van der Waals surface area contributed by atoms with Gasteiger partial charge in [0.05, 0.1) is 18.2 Å². The molecule has 1 heterocycles. The van der Waals surface area contributed by atoms with Crippen LogP contribution in [-0.4, -0.2) is 10.5 Å². The van der Waals surface area contributed by atoms with Crippen molar-refractivity contribution in [1.29, 1.82) is 0 Å². The average Bonchev–Trinajstić information content (AvgIpc) is 3.09. The molecule has 128 valence electrons. The third kappa shape index (κ3) is 4.09. The molecule has 0 saturated carbocycles. The van der Waals surface area contributed by atoms with E-state index < -0.39 is 29.4 Å². The van der Waals surface area contributed by atoms with Gasteiger partial charge in [0, 0.05) is 18.5 Å². The van der Waals surface area contributed by atoms with Crippen molar-refractivity contribution in [1.82, 2.24) is 4.57 Å². The van der Waals surface area contributed by atoms with Gasteiger partial charge in [-0.05, 0) is 42.0 Å². The lowest BCUT2D eigenvalue weighted by molar-refractivity contribution is -0.116. The van der Waals surface area contributed by atoms with Crippen LogP contribution < -0.4 is 5.32 Å². The van der Waals surface area contributed by atoms with Crippen LogP contribution in [0.3, 0.4) is 0 Å². The molecule has 3 nitrogen and oxygen atoms in total. The van der Waals surface area contributed by atoms with E-state index in [1.165, 1.54) is 12.1 Å². The molecule has 0 bridgehead atoms. The van der Waals surface area contributed by atoms with Crippen molar-refractivity contribution in [2.45, 2.75) is 12.5 Å². The Bertz CT molecular complexity index is 878. The van der Waals surface area contributed by atoms with Gasteiger partial charge in [0.2, 0.25) is 5.91 Å². The van der Waals surface area contributed by atoms with Gasteiger partial charge in [-0.25, -0.2) is 13.2 Å². The van der Waals surface area contributed by atoms with Crippen molar-refractivity contribution in [2.75, 3.05) is 5.32 Å². The maximum Gasteiger partial charge on any atom is 0.226 e. The zero-order valence-electron chi connectivity index (χ0n) is 13.1. The predicted molar refractivity (Wildman–Crippen MR) is 88.6 cm³/mol. The SMILES string of the molecule is O=C(C[C@@H](c1cccc(F)c1)n1cccc1)Nc1ccc(F)cc1F. The highest BCUT2D eigenvalue weighted by molar-refractivity contribution is 5.91. The first-order valence-corrected chi connectivity index (χ1v) is 7.66. The monoisotopic (exact) mass is 344 g/mol. The Morgan fingerprint density at radius 3 is 2.36 bits per heavy atom. The second-order valence-electron chi connectivity index (χ2n) is 5.58. The van der Waals surface area contributed by atoms with E-state index in [0.717, 1.165) is 12.1 Å². The lowest BCUT2D eigenvalue weighted by Crippen LogP contribution is -2.20. The molecule has 2 aromatic carbocycles. The van der Waals surface area contributed by atoms with Crippen LogP contribution in [0.5, 0.6) is 0 Å². The van der Waals surface area contributed by atoms with Crippen LogP contribution in [-0.2, 0) is 4.79 Å². The molecule has 0 fully saturated rings. The highest BCUT2D eigenvalue weighted by atomic mass is 19.1. The molecule has 25 heavy (non-hydrogen) atoms. The Kier molecular flexibility index (Phi) is 4.88. The molecule has 6 heteroatoms. The summed E-state index contributed by atoms with van der Waals surface area (Å²) in [6.45, 7) is 0. The van der Waals surface area contributed by atoms with Crippen LogP contribution in [0.2, 0.25) is 0 Å². The molecule has 0 radical (unpaired) electrons. The summed E-state index contributed by atoms with van der Waals surface area (Å²) in [5.74, 6) is -2.44. The molecule has 1 amide bonds. The summed E-state index contributed by atoms with van der Waals surface area (Å²) in [6.07, 6.45) is 3.50. The van der Waals surface area contributed by atoms with E-state index in [4.69, 9.17) is 0 Å². The quantitative estimate of drug-likeness (QED) is 0.725. The highest BCUT2D eigenvalue weighted by Gasteiger charge is 2.19. The summed E-state index contributed by atoms with van der Waals surface area (Å²) >= 11 is 0. The lowest BCUT2D eigenvalue weighted by atomic mass is 10.0. The first kappa shape index (κ1) is 16.8. The normalized spacial score (nSPS) is 12.0. The van der Waals surface area contributed by atoms with Crippen LogP contribution in [0.25, 0.3) is 0 Å². The van der Waals surface area contributed by atoms with Crippen LogP contribution in [0.15, 0.2) is 67.0 Å². The minimum Gasteiger partial charge on any atom is -0.346 e. The van der Waals surface area contributed by atoms with Gasteiger partial charge >= 0.3 is 0 Å². The molecular weight excluding hydrogens is 329 g/mol. The standard InChI is InChI=1S/C19H15F3N2O/c20-14-5-3-4-13(10-14)18(24-8-1-2-9-24)12-19(25)23-17-7-6-15(21)11-16(17)22/h1-11,18H,12H2,(H,23,25)/t18-/m0/s1. The molecule has 0 aliphatic rings. The minimum atomic E-state index is -0.850. The summed E-state index contributed by atoms with van der Waals surface area (Å²) in [4.78, 5) is 12.3. The van der Waals surface area contributed by atoms with Crippen molar-refractivity contribution < 1.29 is 18.0 Å². The Balaban J connectivity index is 1.82. The Labute approximate surface area is 142 Å². The van der Waals surface area contributed by atoms with E-state index in [1.54, 1.807) is 41.2 Å². The summed E-state index contributed by atoms with van der Waals surface area (Å²) in [7, 11) is 0. The molecule has 1 N–H and O–H groups in total. The van der Waals surface area contributed by atoms with Crippen LogP contribution in [0.1, 0.15) is 18.0 Å². The number of hydrogen-bond acceptors (Lipinski definition) is 1. The number of carbonyl (C=O) groups is 1. The number of amides is 1. The van der Waals surface area contributed by atoms with Gasteiger partial charge in [0.25, 0.3) is 0 Å². The second-order valence-corrected chi connectivity index (χ2v) is 5.58. The zero-order chi connectivity index (χ0) is 17.8. The van der Waals surface area contributed by atoms with Crippen LogP contribution >= 0.6 is 0 Å². The molecule has 0 saturated heterocycles. The number of nitrogens with one attached hydrogen (secondary N) is 1. The van der Waals surface area contributed by atoms with Gasteiger partial charge in [0.1, 0.15) is 17.5 Å². The van der Waals surface area contributed by atoms with E-state index >= 15 is 0 Å². The number of nitrogens with zero attached hydrogens (tertiary/aromatic N) is 1. The van der Waals surface area contributed by atoms with Gasteiger partial charge < -0.3 is 9.88 Å². The number of anilines is 1. The Morgan fingerprint density at radius 1 is 0.960 bits per heavy atom. The van der Waals surface area contributed by atoms with Crippen molar-refractivity contribution in [2.24, 2.45) is 0 Å². The molecular formula is C19H15F3N2O. The van der Waals surface area contributed by atoms with E-state index in [9.17, 15) is 18.0 Å². The number of rotatable bonds is 5. The van der Waals surface area contributed by atoms with Gasteiger partial charge in [-0.1, -0.05) is 12.1 Å². The van der Waals surface area contributed by atoms with Gasteiger partial charge in [0.15, 0.2) is 0 Å². The molecule has 1 aromatic heterocycles. The largest absolute Gasteiger partial charge is 0.346 e. The van der Waals surface area contributed by atoms with E-state index in [0.29, 0.717) is 11.6 Å². The number of benzene rings is 2. The molecule has 3 aromatic rings. The lowest BCUT2D eigenvalue weighted by Gasteiger charge is -2.19. The first-order valence-electron chi connectivity index (χ1n) is 7.66. The minimum absolute atomic E-state index is 0.0328. The third-order valence-electron chi connectivity index (χ3n) is 3.80. The van der Waals surface area contributed by atoms with Crippen molar-refractivity contribution in [3.05, 3.63) is 90.0 Å². The molecule has 0 unspecified atom stereocenters.